The van der Waals surface area contributed by atoms with Crippen LogP contribution in [0.2, 0.25) is 0 Å². The van der Waals surface area contributed by atoms with Gasteiger partial charge in [0, 0.05) is 19.8 Å². The zero-order valence-electron chi connectivity index (χ0n) is 7.47. The van der Waals surface area contributed by atoms with Gasteiger partial charge < -0.3 is 10.1 Å². The first-order chi connectivity index (χ1) is 5.33. The van der Waals surface area contributed by atoms with Crippen molar-refractivity contribution in [2.45, 2.75) is 20.0 Å². The highest BCUT2D eigenvalue weighted by Gasteiger charge is 2.14. The number of nitrogens with zero attached hydrogens (tertiary/aromatic N) is 1. The highest BCUT2D eigenvalue weighted by Crippen LogP contribution is 2.01. The molecular formula is C8H18N2O. The Bertz CT molecular complexity index is 108. The van der Waals surface area contributed by atoms with Crippen molar-refractivity contribution in [2.24, 2.45) is 0 Å². The van der Waals surface area contributed by atoms with E-state index in [0.29, 0.717) is 6.10 Å². The maximum Gasteiger partial charge on any atom is 0.0675 e. The van der Waals surface area contributed by atoms with Gasteiger partial charge in [-0.1, -0.05) is 6.92 Å². The van der Waals surface area contributed by atoms with Gasteiger partial charge in [-0.15, -0.1) is 0 Å². The summed E-state index contributed by atoms with van der Waals surface area (Å²) in [7, 11) is 0. The van der Waals surface area contributed by atoms with Crippen molar-refractivity contribution < 1.29 is 4.74 Å². The van der Waals surface area contributed by atoms with Gasteiger partial charge in [0.05, 0.1) is 12.7 Å². The molecule has 11 heavy (non-hydrogen) atoms. The second-order valence-electron chi connectivity index (χ2n) is 3.02. The third kappa shape index (κ3) is 3.18. The zero-order chi connectivity index (χ0) is 8.10. The van der Waals surface area contributed by atoms with Crippen molar-refractivity contribution in [3.8, 4) is 0 Å². The summed E-state index contributed by atoms with van der Waals surface area (Å²) in [5, 5.41) is 3.31. The summed E-state index contributed by atoms with van der Waals surface area (Å²) >= 11 is 0. The third-order valence-electron chi connectivity index (χ3n) is 1.91. The molecule has 1 aliphatic rings. The molecule has 0 aliphatic carbocycles. The Labute approximate surface area is 68.7 Å². The summed E-state index contributed by atoms with van der Waals surface area (Å²) in [4.78, 5) is 2.39. The van der Waals surface area contributed by atoms with Crippen molar-refractivity contribution in [1.82, 2.24) is 10.2 Å². The summed E-state index contributed by atoms with van der Waals surface area (Å²) in [5.74, 6) is 0. The summed E-state index contributed by atoms with van der Waals surface area (Å²) in [5.41, 5.74) is 0. The Morgan fingerprint density at radius 3 is 3.09 bits per heavy atom. The molecule has 0 bridgehead atoms. The molecule has 3 heteroatoms. The molecule has 1 unspecified atom stereocenters. The van der Waals surface area contributed by atoms with Gasteiger partial charge >= 0.3 is 0 Å². The van der Waals surface area contributed by atoms with E-state index >= 15 is 0 Å². The van der Waals surface area contributed by atoms with E-state index in [2.05, 4.69) is 24.1 Å². The second kappa shape index (κ2) is 4.70. The Morgan fingerprint density at radius 1 is 1.64 bits per heavy atom. The average Bonchev–Trinajstić information content (AvgIpc) is 2.01. The maximum absolute atomic E-state index is 5.42. The monoisotopic (exact) mass is 158 g/mol. The first-order valence-corrected chi connectivity index (χ1v) is 4.37. The molecule has 1 fully saturated rings. The fourth-order valence-corrected chi connectivity index (χ4v) is 1.30. The molecule has 0 aromatic rings. The fraction of sp³-hybridized carbons (Fsp3) is 1.00. The Kier molecular flexibility index (Phi) is 3.83. The number of morpholine rings is 1. The van der Waals surface area contributed by atoms with Crippen molar-refractivity contribution in [1.29, 1.82) is 0 Å². The normalized spacial score (nSPS) is 27.3. The first-order valence-electron chi connectivity index (χ1n) is 4.37. The van der Waals surface area contributed by atoms with Crippen LogP contribution in [-0.4, -0.2) is 43.9 Å². The average molecular weight is 158 g/mol. The molecule has 0 saturated carbocycles. The van der Waals surface area contributed by atoms with Gasteiger partial charge in [0.2, 0.25) is 0 Å². The Balaban J connectivity index is 2.12. The number of nitrogens with one attached hydrogen (secondary N) is 1. The van der Waals surface area contributed by atoms with Crippen LogP contribution in [0.3, 0.4) is 0 Å². The van der Waals surface area contributed by atoms with Crippen LogP contribution in [0.25, 0.3) is 0 Å². The van der Waals surface area contributed by atoms with E-state index in [4.69, 9.17) is 4.74 Å². The molecule has 1 aliphatic heterocycles. The predicted octanol–water partition coefficient (Wildman–Crippen LogP) is 0.274. The maximum atomic E-state index is 5.42. The Morgan fingerprint density at radius 2 is 2.45 bits per heavy atom. The predicted molar refractivity (Wildman–Crippen MR) is 45.5 cm³/mol. The lowest BCUT2D eigenvalue weighted by Crippen LogP contribution is -2.45. The molecule has 3 nitrogen and oxygen atoms in total. The lowest BCUT2D eigenvalue weighted by molar-refractivity contribution is -0.0205. The molecule has 0 aromatic carbocycles. The number of ether oxygens (including phenoxy) is 1. The molecule has 66 valence electrons. The Hall–Kier alpha value is -0.120. The van der Waals surface area contributed by atoms with E-state index in [-0.39, 0.29) is 0 Å². The molecule has 1 rings (SSSR count). The van der Waals surface area contributed by atoms with Crippen molar-refractivity contribution in [3.05, 3.63) is 0 Å². The van der Waals surface area contributed by atoms with E-state index in [1.165, 1.54) is 0 Å². The van der Waals surface area contributed by atoms with Crippen molar-refractivity contribution in [2.75, 3.05) is 32.9 Å². The lowest BCUT2D eigenvalue weighted by Gasteiger charge is -2.30. The molecular weight excluding hydrogens is 140 g/mol. The van der Waals surface area contributed by atoms with Crippen molar-refractivity contribution in [3.63, 3.8) is 0 Å². The summed E-state index contributed by atoms with van der Waals surface area (Å²) in [6, 6.07) is 0. The molecule has 1 N–H and O–H groups in total. The van der Waals surface area contributed by atoms with Gasteiger partial charge in [-0.3, -0.25) is 4.90 Å². The van der Waals surface area contributed by atoms with Crippen LogP contribution in [0.15, 0.2) is 0 Å². The van der Waals surface area contributed by atoms with Gasteiger partial charge in [-0.2, -0.15) is 0 Å². The molecule has 1 heterocycles. The van der Waals surface area contributed by atoms with E-state index < -0.39 is 0 Å². The van der Waals surface area contributed by atoms with Crippen LogP contribution in [0, 0.1) is 0 Å². The van der Waals surface area contributed by atoms with Gasteiger partial charge in [0.1, 0.15) is 0 Å². The van der Waals surface area contributed by atoms with Gasteiger partial charge in [-0.05, 0) is 13.5 Å². The van der Waals surface area contributed by atoms with E-state index in [9.17, 15) is 0 Å². The first kappa shape index (κ1) is 8.97. The van der Waals surface area contributed by atoms with Crippen LogP contribution in [0.4, 0.5) is 0 Å². The number of rotatable bonds is 3. The minimum atomic E-state index is 0.405. The smallest absolute Gasteiger partial charge is 0.0675 e. The summed E-state index contributed by atoms with van der Waals surface area (Å²) in [6.45, 7) is 9.31. The van der Waals surface area contributed by atoms with E-state index in [1.807, 2.05) is 0 Å². The second-order valence-corrected chi connectivity index (χ2v) is 3.02. The highest BCUT2D eigenvalue weighted by molar-refractivity contribution is 4.66. The quantitative estimate of drug-likeness (QED) is 0.638. The van der Waals surface area contributed by atoms with Crippen LogP contribution in [0.1, 0.15) is 13.8 Å². The van der Waals surface area contributed by atoms with Crippen LogP contribution in [-0.2, 0) is 4.74 Å². The largest absolute Gasteiger partial charge is 0.376 e. The molecule has 0 aromatic heterocycles. The molecule has 0 radical (unpaired) electrons. The third-order valence-corrected chi connectivity index (χ3v) is 1.91. The minimum absolute atomic E-state index is 0.405. The van der Waals surface area contributed by atoms with Crippen LogP contribution >= 0.6 is 0 Å². The van der Waals surface area contributed by atoms with Crippen LogP contribution in [0.5, 0.6) is 0 Å². The lowest BCUT2D eigenvalue weighted by atomic mass is 10.3. The van der Waals surface area contributed by atoms with Gasteiger partial charge in [0.15, 0.2) is 0 Å². The van der Waals surface area contributed by atoms with Gasteiger partial charge in [0.25, 0.3) is 0 Å². The number of hydrogen-bond acceptors (Lipinski definition) is 3. The minimum Gasteiger partial charge on any atom is -0.376 e. The molecule has 1 atom stereocenters. The molecule has 0 spiro atoms. The molecule has 0 amide bonds. The molecule has 1 saturated heterocycles. The standard InChI is InChI=1S/C8H18N2O/c1-3-9-7-10-4-5-11-8(2)6-10/h8-9H,3-7H2,1-2H3. The van der Waals surface area contributed by atoms with Crippen molar-refractivity contribution >= 4 is 0 Å². The van der Waals surface area contributed by atoms with E-state index in [1.54, 1.807) is 0 Å². The van der Waals surface area contributed by atoms with Crippen LogP contribution < -0.4 is 5.32 Å². The summed E-state index contributed by atoms with van der Waals surface area (Å²) in [6.07, 6.45) is 0.405. The summed E-state index contributed by atoms with van der Waals surface area (Å²) < 4.78 is 5.42. The van der Waals surface area contributed by atoms with Gasteiger partial charge in [-0.25, -0.2) is 0 Å². The highest BCUT2D eigenvalue weighted by atomic mass is 16.5. The zero-order valence-corrected chi connectivity index (χ0v) is 7.47. The number of hydrogen-bond donors (Lipinski definition) is 1. The van der Waals surface area contributed by atoms with E-state index in [0.717, 1.165) is 32.9 Å². The topological polar surface area (TPSA) is 24.5 Å². The fourth-order valence-electron chi connectivity index (χ4n) is 1.30. The SMILES string of the molecule is CCNCN1CCOC(C)C1.